The van der Waals surface area contributed by atoms with Crippen LogP contribution < -0.4 is 5.32 Å². The van der Waals surface area contributed by atoms with Crippen molar-refractivity contribution in [1.82, 2.24) is 15.1 Å². The number of aromatic nitrogens is 2. The highest BCUT2D eigenvalue weighted by Crippen LogP contribution is 2.31. The average Bonchev–Trinajstić information content (AvgIpc) is 2.97. The van der Waals surface area contributed by atoms with Crippen LogP contribution in [0.15, 0.2) is 0 Å². The average molecular weight is 261 g/mol. The highest BCUT2D eigenvalue weighted by molar-refractivity contribution is 5.25. The molecular weight excluding hydrogens is 234 g/mol. The summed E-state index contributed by atoms with van der Waals surface area (Å²) >= 11 is 0. The van der Waals surface area contributed by atoms with Gasteiger partial charge in [0.25, 0.3) is 0 Å². The number of nitrogens with one attached hydrogen (secondary N) is 1. The van der Waals surface area contributed by atoms with Crippen LogP contribution >= 0.6 is 0 Å². The molecule has 1 N–H and O–H groups in total. The quantitative estimate of drug-likeness (QED) is 0.796. The van der Waals surface area contributed by atoms with E-state index in [0.717, 1.165) is 12.6 Å². The summed E-state index contributed by atoms with van der Waals surface area (Å²) in [6.07, 6.45) is 10.6. The van der Waals surface area contributed by atoms with Crippen molar-refractivity contribution in [2.24, 2.45) is 0 Å². The van der Waals surface area contributed by atoms with Crippen LogP contribution in [0, 0.1) is 13.8 Å². The van der Waals surface area contributed by atoms with Crippen LogP contribution in [0.5, 0.6) is 0 Å². The van der Waals surface area contributed by atoms with Crippen molar-refractivity contribution < 1.29 is 0 Å². The van der Waals surface area contributed by atoms with E-state index in [9.17, 15) is 0 Å². The number of hydrogen-bond donors (Lipinski definition) is 1. The molecule has 2 aliphatic carbocycles. The van der Waals surface area contributed by atoms with Gasteiger partial charge in [-0.05, 0) is 64.5 Å². The van der Waals surface area contributed by atoms with Gasteiger partial charge in [0.15, 0.2) is 0 Å². The summed E-state index contributed by atoms with van der Waals surface area (Å²) in [4.78, 5) is 0. The molecule has 1 aromatic rings. The van der Waals surface area contributed by atoms with Crippen LogP contribution in [0.3, 0.4) is 0 Å². The highest BCUT2D eigenvalue weighted by atomic mass is 15.3. The predicted octanol–water partition coefficient (Wildman–Crippen LogP) is 3.30. The van der Waals surface area contributed by atoms with Gasteiger partial charge in [0.05, 0.1) is 11.7 Å². The standard InChI is InChI=1S/C16H27N3/c1-12-16(8-5-11-17-14-9-10-14)13(2)19(18-12)15-6-3-4-7-15/h14-15,17H,3-11H2,1-2H3. The number of hydrogen-bond acceptors (Lipinski definition) is 2. The maximum absolute atomic E-state index is 4.81. The lowest BCUT2D eigenvalue weighted by molar-refractivity contribution is 0.454. The number of rotatable bonds is 6. The van der Waals surface area contributed by atoms with Gasteiger partial charge in [-0.2, -0.15) is 5.10 Å². The van der Waals surface area contributed by atoms with Crippen molar-refractivity contribution in [1.29, 1.82) is 0 Å². The van der Waals surface area contributed by atoms with Gasteiger partial charge in [-0.1, -0.05) is 12.8 Å². The molecule has 0 bridgehead atoms. The molecule has 1 aromatic heterocycles. The summed E-state index contributed by atoms with van der Waals surface area (Å²) in [5, 5.41) is 8.42. The lowest BCUT2D eigenvalue weighted by atomic mass is 10.1. The van der Waals surface area contributed by atoms with E-state index in [1.54, 1.807) is 0 Å². The molecule has 0 saturated heterocycles. The van der Waals surface area contributed by atoms with Crippen molar-refractivity contribution in [3.05, 3.63) is 17.0 Å². The minimum absolute atomic E-state index is 0.678. The van der Waals surface area contributed by atoms with Crippen LogP contribution in [0.1, 0.15) is 67.9 Å². The molecule has 0 unspecified atom stereocenters. The summed E-state index contributed by atoms with van der Waals surface area (Å²) < 4.78 is 2.33. The Hall–Kier alpha value is -0.830. The van der Waals surface area contributed by atoms with E-state index < -0.39 is 0 Å². The van der Waals surface area contributed by atoms with Crippen LogP contribution in [0.4, 0.5) is 0 Å². The number of aryl methyl sites for hydroxylation is 1. The summed E-state index contributed by atoms with van der Waals surface area (Å²) in [5.41, 5.74) is 4.19. The highest BCUT2D eigenvalue weighted by Gasteiger charge is 2.22. The van der Waals surface area contributed by atoms with E-state index in [-0.39, 0.29) is 0 Å². The molecule has 0 aromatic carbocycles. The molecule has 0 radical (unpaired) electrons. The van der Waals surface area contributed by atoms with Gasteiger partial charge in [0, 0.05) is 11.7 Å². The van der Waals surface area contributed by atoms with Crippen molar-refractivity contribution in [2.45, 2.75) is 77.3 Å². The first-order valence-electron chi connectivity index (χ1n) is 8.03. The fourth-order valence-corrected chi connectivity index (χ4v) is 3.42. The second-order valence-electron chi connectivity index (χ2n) is 6.36. The second kappa shape index (κ2) is 5.66. The maximum Gasteiger partial charge on any atom is 0.0628 e. The molecule has 106 valence electrons. The van der Waals surface area contributed by atoms with E-state index in [4.69, 9.17) is 5.10 Å². The Balaban J connectivity index is 1.59. The van der Waals surface area contributed by atoms with Crippen molar-refractivity contribution in [3.63, 3.8) is 0 Å². The van der Waals surface area contributed by atoms with Gasteiger partial charge in [-0.3, -0.25) is 4.68 Å². The van der Waals surface area contributed by atoms with Crippen LogP contribution in [0.2, 0.25) is 0 Å². The van der Waals surface area contributed by atoms with Gasteiger partial charge in [-0.25, -0.2) is 0 Å². The Labute approximate surface area is 116 Å². The smallest absolute Gasteiger partial charge is 0.0628 e. The van der Waals surface area contributed by atoms with E-state index in [0.29, 0.717) is 6.04 Å². The first-order valence-corrected chi connectivity index (χ1v) is 8.03. The molecular formula is C16H27N3. The molecule has 0 aliphatic heterocycles. The van der Waals surface area contributed by atoms with Gasteiger partial charge in [0.2, 0.25) is 0 Å². The zero-order valence-corrected chi connectivity index (χ0v) is 12.4. The van der Waals surface area contributed by atoms with E-state index in [2.05, 4.69) is 23.8 Å². The molecule has 3 rings (SSSR count). The third-order valence-corrected chi connectivity index (χ3v) is 4.76. The zero-order chi connectivity index (χ0) is 13.2. The van der Waals surface area contributed by atoms with E-state index in [1.807, 2.05) is 0 Å². The molecule has 0 amide bonds. The number of nitrogens with zero attached hydrogens (tertiary/aromatic N) is 2. The van der Waals surface area contributed by atoms with Crippen molar-refractivity contribution in [2.75, 3.05) is 6.54 Å². The molecule has 2 aliphatic rings. The van der Waals surface area contributed by atoms with Crippen molar-refractivity contribution >= 4 is 0 Å². The van der Waals surface area contributed by atoms with Crippen LogP contribution in [-0.4, -0.2) is 22.4 Å². The molecule has 0 atom stereocenters. The first-order chi connectivity index (χ1) is 9.25. The van der Waals surface area contributed by atoms with Crippen LogP contribution in [-0.2, 0) is 6.42 Å². The molecule has 0 spiro atoms. The zero-order valence-electron chi connectivity index (χ0n) is 12.4. The Morgan fingerprint density at radius 3 is 2.58 bits per heavy atom. The Morgan fingerprint density at radius 2 is 1.89 bits per heavy atom. The third-order valence-electron chi connectivity index (χ3n) is 4.76. The molecule has 2 fully saturated rings. The predicted molar refractivity (Wildman–Crippen MR) is 78.6 cm³/mol. The summed E-state index contributed by atoms with van der Waals surface area (Å²) in [6, 6.07) is 1.51. The minimum Gasteiger partial charge on any atom is -0.314 e. The fraction of sp³-hybridized carbons (Fsp3) is 0.812. The summed E-state index contributed by atoms with van der Waals surface area (Å²) in [7, 11) is 0. The molecule has 3 nitrogen and oxygen atoms in total. The van der Waals surface area contributed by atoms with E-state index >= 15 is 0 Å². The van der Waals surface area contributed by atoms with Gasteiger partial charge >= 0.3 is 0 Å². The fourth-order valence-electron chi connectivity index (χ4n) is 3.42. The van der Waals surface area contributed by atoms with Gasteiger partial charge < -0.3 is 5.32 Å². The second-order valence-corrected chi connectivity index (χ2v) is 6.36. The molecule has 1 heterocycles. The Bertz CT molecular complexity index is 425. The molecule has 19 heavy (non-hydrogen) atoms. The molecule has 2 saturated carbocycles. The monoisotopic (exact) mass is 261 g/mol. The normalized spacial score (nSPS) is 20.3. The first kappa shape index (κ1) is 13.2. The summed E-state index contributed by atoms with van der Waals surface area (Å²) in [5.74, 6) is 0. The minimum atomic E-state index is 0.678. The van der Waals surface area contributed by atoms with Gasteiger partial charge in [0.1, 0.15) is 0 Å². The Kier molecular flexibility index (Phi) is 3.92. The lowest BCUT2D eigenvalue weighted by Crippen LogP contribution is -2.18. The SMILES string of the molecule is Cc1nn(C2CCCC2)c(C)c1CCCNC1CC1. The van der Waals surface area contributed by atoms with Gasteiger partial charge in [-0.15, -0.1) is 0 Å². The molecule has 3 heteroatoms. The van der Waals surface area contributed by atoms with Crippen molar-refractivity contribution in [3.8, 4) is 0 Å². The lowest BCUT2D eigenvalue weighted by Gasteiger charge is -2.12. The van der Waals surface area contributed by atoms with Crippen LogP contribution in [0.25, 0.3) is 0 Å². The third kappa shape index (κ3) is 3.02. The summed E-state index contributed by atoms with van der Waals surface area (Å²) in [6.45, 7) is 5.61. The Morgan fingerprint density at radius 1 is 1.16 bits per heavy atom. The maximum atomic E-state index is 4.81. The largest absolute Gasteiger partial charge is 0.314 e. The topological polar surface area (TPSA) is 29.9 Å². The van der Waals surface area contributed by atoms with E-state index in [1.165, 1.54) is 68.3 Å².